The van der Waals surface area contributed by atoms with Crippen molar-refractivity contribution in [3.05, 3.63) is 51.8 Å². The Morgan fingerprint density at radius 2 is 2.14 bits per heavy atom. The quantitative estimate of drug-likeness (QED) is 0.800. The molecule has 0 fully saturated rings. The fraction of sp³-hybridized carbons (Fsp3) is 0.286. The van der Waals surface area contributed by atoms with Gasteiger partial charge in [-0.05, 0) is 35.0 Å². The number of aromatic nitrogens is 2. The Morgan fingerprint density at radius 1 is 1.38 bits per heavy atom. The van der Waals surface area contributed by atoms with E-state index in [-0.39, 0.29) is 4.47 Å². The topological polar surface area (TPSA) is 42.2 Å². The molecule has 0 spiro atoms. The van der Waals surface area contributed by atoms with Crippen LogP contribution in [0.25, 0.3) is 0 Å². The molecule has 1 atom stereocenters. The second kappa shape index (κ2) is 4.91. The molecule has 0 saturated heterocycles. The van der Waals surface area contributed by atoms with Gasteiger partial charge in [0, 0.05) is 24.9 Å². The van der Waals surface area contributed by atoms with Crippen molar-refractivity contribution in [3.63, 3.8) is 0 Å². The average Bonchev–Trinajstić information content (AvgIpc) is 2.91. The van der Waals surface area contributed by atoms with Crippen LogP contribution < -0.4 is 5.32 Å². The van der Waals surface area contributed by atoms with E-state index in [4.69, 9.17) is 0 Å². The summed E-state index contributed by atoms with van der Waals surface area (Å²) in [5.41, 5.74) is 0.259. The summed E-state index contributed by atoms with van der Waals surface area (Å²) in [6.45, 7) is 2.33. The molecule has 4 nitrogen and oxygen atoms in total. The largest absolute Gasteiger partial charge is 0.357 e. The van der Waals surface area contributed by atoms with Gasteiger partial charge in [-0.15, -0.1) is 0 Å². The minimum atomic E-state index is -0.871. The highest BCUT2D eigenvalue weighted by Gasteiger charge is 2.39. The molecule has 3 rings (SSSR count). The molecule has 1 aliphatic heterocycles. The molecular formula is C14H13BrF2N4. The van der Waals surface area contributed by atoms with Crippen molar-refractivity contribution < 1.29 is 8.78 Å². The van der Waals surface area contributed by atoms with Gasteiger partial charge in [0.05, 0.1) is 16.7 Å². The van der Waals surface area contributed by atoms with E-state index in [2.05, 4.69) is 31.3 Å². The lowest BCUT2D eigenvalue weighted by atomic mass is 9.86. The minimum absolute atomic E-state index is 0.216. The van der Waals surface area contributed by atoms with E-state index in [1.807, 2.05) is 13.0 Å². The van der Waals surface area contributed by atoms with Crippen molar-refractivity contribution >= 4 is 21.8 Å². The first-order valence-electron chi connectivity index (χ1n) is 6.37. The summed E-state index contributed by atoms with van der Waals surface area (Å²) in [5, 5.41) is 7.46. The Labute approximate surface area is 129 Å². The van der Waals surface area contributed by atoms with Gasteiger partial charge >= 0.3 is 0 Å². The minimum Gasteiger partial charge on any atom is -0.357 e. The molecule has 0 radical (unpaired) electrons. The number of halogens is 3. The van der Waals surface area contributed by atoms with Gasteiger partial charge in [0.1, 0.15) is 23.0 Å². The highest BCUT2D eigenvalue weighted by atomic mass is 79.9. The number of nitrogens with zero attached hydrogens (tertiary/aromatic N) is 3. The van der Waals surface area contributed by atoms with Gasteiger partial charge in [-0.3, -0.25) is 9.67 Å². The smallest absolute Gasteiger partial charge is 0.140 e. The lowest BCUT2D eigenvalue weighted by Crippen LogP contribution is -2.52. The maximum atomic E-state index is 14.3. The molecule has 1 aromatic carbocycles. The summed E-state index contributed by atoms with van der Waals surface area (Å²) in [6.07, 6.45) is 1.66. The first kappa shape index (κ1) is 14.2. The number of nitrogens with one attached hydrogen (secondary N) is 1. The summed E-state index contributed by atoms with van der Waals surface area (Å²) in [5.74, 6) is -0.558. The summed E-state index contributed by atoms with van der Waals surface area (Å²) < 4.78 is 29.8. The number of benzene rings is 1. The van der Waals surface area contributed by atoms with Crippen molar-refractivity contribution in [2.75, 3.05) is 7.05 Å². The molecule has 2 aromatic rings. The molecular weight excluding hydrogens is 342 g/mol. The molecule has 0 saturated carbocycles. The zero-order valence-corrected chi connectivity index (χ0v) is 13.1. The second-order valence-corrected chi connectivity index (χ2v) is 5.89. The van der Waals surface area contributed by atoms with Crippen molar-refractivity contribution in [3.8, 4) is 0 Å². The third-order valence-electron chi connectivity index (χ3n) is 3.74. The molecule has 1 aliphatic rings. The highest BCUT2D eigenvalue weighted by molar-refractivity contribution is 9.10. The number of aliphatic imine (C=N–C) groups is 1. The maximum absolute atomic E-state index is 14.3. The molecule has 1 unspecified atom stereocenters. The summed E-state index contributed by atoms with van der Waals surface area (Å²) in [4.78, 5) is 4.15. The van der Waals surface area contributed by atoms with Crippen LogP contribution in [-0.4, -0.2) is 22.7 Å². The van der Waals surface area contributed by atoms with E-state index in [9.17, 15) is 8.78 Å². The van der Waals surface area contributed by atoms with Crippen LogP contribution in [0.5, 0.6) is 0 Å². The van der Waals surface area contributed by atoms with Crippen LogP contribution in [0.1, 0.15) is 18.2 Å². The number of fused-ring (bicyclic) bond motifs is 1. The number of hydrogen-bond acceptors (Lipinski definition) is 2. The first-order valence-corrected chi connectivity index (χ1v) is 7.16. The zero-order valence-electron chi connectivity index (χ0n) is 11.5. The van der Waals surface area contributed by atoms with Gasteiger partial charge in [0.25, 0.3) is 0 Å². The van der Waals surface area contributed by atoms with E-state index in [0.29, 0.717) is 17.9 Å². The van der Waals surface area contributed by atoms with Crippen molar-refractivity contribution in [1.82, 2.24) is 15.1 Å². The molecule has 1 aromatic heterocycles. The van der Waals surface area contributed by atoms with Crippen molar-refractivity contribution in [1.29, 1.82) is 0 Å². The van der Waals surface area contributed by atoms with E-state index in [1.54, 1.807) is 17.9 Å². The third kappa shape index (κ3) is 2.16. The number of rotatable bonds is 1. The molecule has 1 N–H and O–H groups in total. The highest BCUT2D eigenvalue weighted by Crippen LogP contribution is 2.35. The predicted molar refractivity (Wildman–Crippen MR) is 79.2 cm³/mol. The van der Waals surface area contributed by atoms with Crippen LogP contribution in [0, 0.1) is 11.6 Å². The first-order chi connectivity index (χ1) is 9.95. The third-order valence-corrected chi connectivity index (χ3v) is 4.35. The van der Waals surface area contributed by atoms with Crippen molar-refractivity contribution in [2.45, 2.75) is 19.0 Å². The van der Waals surface area contributed by atoms with E-state index in [0.717, 1.165) is 11.8 Å². The maximum Gasteiger partial charge on any atom is 0.140 e. The van der Waals surface area contributed by atoms with Gasteiger partial charge in [0.2, 0.25) is 0 Å². The Morgan fingerprint density at radius 3 is 2.86 bits per heavy atom. The Bertz CT molecular complexity index is 741. The van der Waals surface area contributed by atoms with Crippen molar-refractivity contribution in [2.24, 2.45) is 4.99 Å². The monoisotopic (exact) mass is 354 g/mol. The van der Waals surface area contributed by atoms with Gasteiger partial charge in [-0.25, -0.2) is 8.78 Å². The van der Waals surface area contributed by atoms with Gasteiger partial charge in [-0.2, -0.15) is 5.10 Å². The standard InChI is InChI=1S/C14H13BrF2N4/c1-14(8-5-9(15)11(17)6-10(8)16)12-3-4-19-21(12)7-13(18-2)20-14/h3-6H,7H2,1-2H3,(H,18,20). The van der Waals surface area contributed by atoms with Crippen LogP contribution >= 0.6 is 15.9 Å². The molecule has 21 heavy (non-hydrogen) atoms. The molecule has 2 heterocycles. The molecule has 0 aliphatic carbocycles. The SMILES string of the molecule is CN=C1Cn2nccc2C(C)(c2cc(Br)c(F)cc2F)N1. The van der Waals surface area contributed by atoms with Crippen LogP contribution in [0.3, 0.4) is 0 Å². The lowest BCUT2D eigenvalue weighted by Gasteiger charge is -2.37. The fourth-order valence-electron chi connectivity index (χ4n) is 2.66. The van der Waals surface area contributed by atoms with Gasteiger partial charge in [0.15, 0.2) is 0 Å². The molecule has 7 heteroatoms. The number of hydrogen-bond donors (Lipinski definition) is 1. The van der Waals surface area contributed by atoms with E-state index >= 15 is 0 Å². The van der Waals surface area contributed by atoms with E-state index in [1.165, 1.54) is 6.07 Å². The Balaban J connectivity index is 2.23. The van der Waals surface area contributed by atoms with E-state index < -0.39 is 17.2 Å². The van der Waals surface area contributed by atoms with Gasteiger partial charge < -0.3 is 5.32 Å². The molecule has 0 bridgehead atoms. The molecule has 110 valence electrons. The fourth-order valence-corrected chi connectivity index (χ4v) is 3.00. The Kier molecular flexibility index (Phi) is 3.32. The molecule has 0 amide bonds. The van der Waals surface area contributed by atoms with Crippen LogP contribution in [0.2, 0.25) is 0 Å². The van der Waals surface area contributed by atoms with Crippen LogP contribution in [0.4, 0.5) is 8.78 Å². The Hall–Kier alpha value is -1.76. The zero-order chi connectivity index (χ0) is 15.2. The predicted octanol–water partition coefficient (Wildman–Crippen LogP) is 2.82. The number of amidine groups is 1. The average molecular weight is 355 g/mol. The summed E-state index contributed by atoms with van der Waals surface area (Å²) in [6, 6.07) is 4.15. The van der Waals surface area contributed by atoms with Crippen LogP contribution in [0.15, 0.2) is 33.9 Å². The summed E-state index contributed by atoms with van der Waals surface area (Å²) >= 11 is 3.11. The van der Waals surface area contributed by atoms with Crippen LogP contribution in [-0.2, 0) is 12.1 Å². The summed E-state index contributed by atoms with van der Waals surface area (Å²) in [7, 11) is 1.66. The van der Waals surface area contributed by atoms with Gasteiger partial charge in [-0.1, -0.05) is 0 Å². The second-order valence-electron chi connectivity index (χ2n) is 5.04. The lowest BCUT2D eigenvalue weighted by molar-refractivity contribution is 0.413. The normalized spacial score (nSPS) is 23.0.